The van der Waals surface area contributed by atoms with Crippen molar-refractivity contribution in [2.24, 2.45) is 0 Å². The van der Waals surface area contributed by atoms with E-state index >= 15 is 0 Å². The van der Waals surface area contributed by atoms with Gasteiger partial charge in [-0.3, -0.25) is 9.88 Å². The van der Waals surface area contributed by atoms with Gasteiger partial charge in [-0.05, 0) is 70.6 Å². The molecule has 1 aromatic heterocycles. The number of carbonyl (C=O) groups excluding carboxylic acids is 1. The minimum atomic E-state index is -1.32. The number of aromatic nitrogens is 1. The highest BCUT2D eigenvalue weighted by Gasteiger charge is 2.54. The first kappa shape index (κ1) is 26.8. The molecule has 2 heterocycles. The zero-order valence-corrected chi connectivity index (χ0v) is 22.5. The second-order valence-electron chi connectivity index (χ2n) is 8.98. The molecular formula is C29H36BN3O4. The van der Waals surface area contributed by atoms with Crippen LogP contribution in [-0.4, -0.2) is 62.7 Å². The summed E-state index contributed by atoms with van der Waals surface area (Å²) in [4.78, 5) is 22.0. The molecule has 37 heavy (non-hydrogen) atoms. The summed E-state index contributed by atoms with van der Waals surface area (Å²) in [6.45, 7) is 13.6. The lowest BCUT2D eigenvalue weighted by atomic mass is 9.78. The second-order valence-corrected chi connectivity index (χ2v) is 8.98. The maximum atomic E-state index is 13.3. The molecule has 0 N–H and O–H groups in total. The standard InChI is InChI=1S/C29H36BN3O4/c1-6-32(7-2)20-13-15-23(25(18-20)35-9-4)29(27-22(28(34)37-29)12-11-17-31-27)24-16-14-21(33(30)8-3)19-26(24)36-10-5/h11-12,14-20H,6-10,13H2,1-5H3. The summed E-state index contributed by atoms with van der Waals surface area (Å²) < 4.78 is 18.7. The average Bonchev–Trinajstić information content (AvgIpc) is 3.22. The van der Waals surface area contributed by atoms with Crippen LogP contribution in [0.25, 0.3) is 0 Å². The Morgan fingerprint density at radius 3 is 2.51 bits per heavy atom. The van der Waals surface area contributed by atoms with E-state index in [1.54, 1.807) is 23.1 Å². The molecule has 1 aliphatic carbocycles. The molecule has 1 aromatic carbocycles. The molecule has 4 rings (SSSR count). The monoisotopic (exact) mass is 501 g/mol. The zero-order valence-electron chi connectivity index (χ0n) is 22.5. The molecule has 2 unspecified atom stereocenters. The first-order valence-electron chi connectivity index (χ1n) is 13.2. The lowest BCUT2D eigenvalue weighted by Crippen LogP contribution is -2.39. The number of fused-ring (bicyclic) bond motifs is 1. The van der Waals surface area contributed by atoms with Crippen LogP contribution in [0.4, 0.5) is 5.69 Å². The Morgan fingerprint density at radius 2 is 1.84 bits per heavy atom. The molecule has 0 spiro atoms. The van der Waals surface area contributed by atoms with Gasteiger partial charge < -0.3 is 19.0 Å². The summed E-state index contributed by atoms with van der Waals surface area (Å²) in [5.41, 5.74) is 1.90. The Kier molecular flexibility index (Phi) is 8.27. The molecule has 0 saturated carbocycles. The van der Waals surface area contributed by atoms with Gasteiger partial charge in [0.1, 0.15) is 17.2 Å². The van der Waals surface area contributed by atoms with Crippen LogP contribution in [0.5, 0.6) is 5.75 Å². The van der Waals surface area contributed by atoms with Gasteiger partial charge in [-0.25, -0.2) is 4.79 Å². The van der Waals surface area contributed by atoms with Gasteiger partial charge in [0.05, 0.1) is 18.8 Å². The van der Waals surface area contributed by atoms with E-state index in [2.05, 4.69) is 30.9 Å². The van der Waals surface area contributed by atoms with E-state index in [0.717, 1.165) is 30.8 Å². The van der Waals surface area contributed by atoms with E-state index in [1.165, 1.54) is 0 Å². The molecule has 0 fully saturated rings. The Bertz CT molecular complexity index is 1190. The topological polar surface area (TPSA) is 64.1 Å². The minimum absolute atomic E-state index is 0.182. The normalized spacial score (nSPS) is 20.7. The summed E-state index contributed by atoms with van der Waals surface area (Å²) in [5, 5.41) is 0. The third-order valence-corrected chi connectivity index (χ3v) is 7.06. The van der Waals surface area contributed by atoms with Crippen molar-refractivity contribution in [1.29, 1.82) is 0 Å². The largest absolute Gasteiger partial charge is 0.494 e. The Balaban J connectivity index is 1.97. The fraction of sp³-hybridized carbons (Fsp3) is 0.448. The molecule has 8 heteroatoms. The number of nitrogens with zero attached hydrogens (tertiary/aromatic N) is 3. The molecule has 0 saturated heterocycles. The van der Waals surface area contributed by atoms with Crippen molar-refractivity contribution in [2.45, 2.75) is 52.7 Å². The summed E-state index contributed by atoms with van der Waals surface area (Å²) in [6.07, 6.45) is 6.73. The third kappa shape index (κ3) is 4.75. The van der Waals surface area contributed by atoms with Gasteiger partial charge in [-0.2, -0.15) is 0 Å². The van der Waals surface area contributed by atoms with Crippen molar-refractivity contribution in [2.75, 3.05) is 37.7 Å². The molecule has 2 atom stereocenters. The highest BCUT2D eigenvalue weighted by atomic mass is 16.6. The summed E-state index contributed by atoms with van der Waals surface area (Å²) in [6, 6.07) is 9.43. The van der Waals surface area contributed by atoms with E-state index in [9.17, 15) is 4.79 Å². The Labute approximate surface area is 221 Å². The van der Waals surface area contributed by atoms with Crippen molar-refractivity contribution in [3.8, 4) is 5.75 Å². The van der Waals surface area contributed by atoms with E-state index in [0.29, 0.717) is 48.1 Å². The number of likely N-dealkylation sites (N-methyl/N-ethyl adjacent to an activating group) is 1. The van der Waals surface area contributed by atoms with Gasteiger partial charge in [0.15, 0.2) is 0 Å². The molecule has 7 nitrogen and oxygen atoms in total. The van der Waals surface area contributed by atoms with Crippen LogP contribution >= 0.6 is 0 Å². The van der Waals surface area contributed by atoms with Crippen molar-refractivity contribution < 1.29 is 19.0 Å². The number of anilines is 1. The number of benzene rings is 1. The van der Waals surface area contributed by atoms with Gasteiger partial charge >= 0.3 is 5.97 Å². The highest BCUT2D eigenvalue weighted by molar-refractivity contribution is 6.17. The first-order valence-corrected chi connectivity index (χ1v) is 13.2. The van der Waals surface area contributed by atoms with Crippen LogP contribution in [0.15, 0.2) is 60.0 Å². The number of pyridine rings is 1. The minimum Gasteiger partial charge on any atom is -0.494 e. The van der Waals surface area contributed by atoms with Crippen LogP contribution in [0, 0.1) is 0 Å². The number of hydrogen-bond donors (Lipinski definition) is 0. The molecule has 0 amide bonds. The van der Waals surface area contributed by atoms with E-state index in [-0.39, 0.29) is 6.04 Å². The van der Waals surface area contributed by atoms with Crippen LogP contribution in [-0.2, 0) is 15.1 Å². The van der Waals surface area contributed by atoms with Crippen molar-refractivity contribution in [1.82, 2.24) is 9.88 Å². The number of rotatable bonds is 11. The lowest BCUT2D eigenvalue weighted by Gasteiger charge is -2.37. The quantitative estimate of drug-likeness (QED) is 0.325. The summed E-state index contributed by atoms with van der Waals surface area (Å²) in [5.74, 6) is 0.849. The Hall–Kier alpha value is -3.26. The van der Waals surface area contributed by atoms with Crippen molar-refractivity contribution in [3.63, 3.8) is 0 Å². The van der Waals surface area contributed by atoms with Gasteiger partial charge in [0.2, 0.25) is 13.6 Å². The highest BCUT2D eigenvalue weighted by Crippen LogP contribution is 2.52. The molecule has 194 valence electrons. The fourth-order valence-corrected chi connectivity index (χ4v) is 5.26. The van der Waals surface area contributed by atoms with Crippen LogP contribution in [0.1, 0.15) is 62.7 Å². The van der Waals surface area contributed by atoms with Crippen LogP contribution < -0.4 is 9.55 Å². The number of esters is 1. The van der Waals surface area contributed by atoms with E-state index < -0.39 is 11.6 Å². The molecule has 2 aliphatic rings. The van der Waals surface area contributed by atoms with Gasteiger partial charge in [-0.15, -0.1) is 0 Å². The SMILES string of the molecule is [B]N(CC)c1ccc(C2(C3=CCC(N(CC)CC)C=C3OCC)OC(=O)c3cccnc32)c(OCC)c1. The van der Waals surface area contributed by atoms with Crippen molar-refractivity contribution in [3.05, 3.63) is 76.8 Å². The number of carbonyl (C=O) groups is 1. The summed E-state index contributed by atoms with van der Waals surface area (Å²) in [7, 11) is 6.20. The Morgan fingerprint density at radius 1 is 1.08 bits per heavy atom. The summed E-state index contributed by atoms with van der Waals surface area (Å²) >= 11 is 0. The molecule has 0 bridgehead atoms. The third-order valence-electron chi connectivity index (χ3n) is 7.06. The number of cyclic esters (lactones) is 1. The lowest BCUT2D eigenvalue weighted by molar-refractivity contribution is 0.0198. The van der Waals surface area contributed by atoms with E-state index in [1.807, 2.05) is 39.0 Å². The average molecular weight is 501 g/mol. The fourth-order valence-electron chi connectivity index (χ4n) is 5.26. The number of ether oxygens (including phenoxy) is 3. The zero-order chi connectivity index (χ0) is 26.6. The predicted octanol–water partition coefficient (Wildman–Crippen LogP) is 4.77. The molecular weight excluding hydrogens is 465 g/mol. The maximum absolute atomic E-state index is 13.3. The first-order chi connectivity index (χ1) is 17.9. The van der Waals surface area contributed by atoms with Crippen LogP contribution in [0.3, 0.4) is 0 Å². The molecule has 1 aliphatic heterocycles. The van der Waals surface area contributed by atoms with Crippen LogP contribution in [0.2, 0.25) is 0 Å². The maximum Gasteiger partial charge on any atom is 0.341 e. The van der Waals surface area contributed by atoms with Gasteiger partial charge in [0.25, 0.3) is 0 Å². The van der Waals surface area contributed by atoms with Gasteiger partial charge in [-0.1, -0.05) is 19.9 Å². The van der Waals surface area contributed by atoms with E-state index in [4.69, 9.17) is 27.2 Å². The smallest absolute Gasteiger partial charge is 0.341 e. The molecule has 2 radical (unpaired) electrons. The number of hydrogen-bond acceptors (Lipinski definition) is 7. The second kappa shape index (κ2) is 11.4. The molecule has 2 aromatic rings. The van der Waals surface area contributed by atoms with Crippen molar-refractivity contribution >= 4 is 19.6 Å². The van der Waals surface area contributed by atoms with Gasteiger partial charge in [0, 0.05) is 41.7 Å². The predicted molar refractivity (Wildman–Crippen MR) is 146 cm³/mol.